The van der Waals surface area contributed by atoms with Gasteiger partial charge in [-0.1, -0.05) is 12.1 Å². The number of nitrogens with one attached hydrogen (secondary N) is 2. The molecule has 2 aromatic heterocycles. The number of aryl methyl sites for hydroxylation is 1. The zero-order valence-corrected chi connectivity index (χ0v) is 19.7. The third kappa shape index (κ3) is 5.52. The summed E-state index contributed by atoms with van der Waals surface area (Å²) in [4.78, 5) is 25.9. The van der Waals surface area contributed by atoms with Crippen LogP contribution in [0.25, 0.3) is 0 Å². The number of anilines is 1. The molecule has 1 atom stereocenters. The summed E-state index contributed by atoms with van der Waals surface area (Å²) >= 11 is 1.24. The normalized spacial score (nSPS) is 16.9. The van der Waals surface area contributed by atoms with Gasteiger partial charge in [0, 0.05) is 30.2 Å². The van der Waals surface area contributed by atoms with E-state index < -0.39 is 15.9 Å². The Labute approximate surface area is 196 Å². The lowest BCUT2D eigenvalue weighted by Gasteiger charge is -2.30. The van der Waals surface area contributed by atoms with Gasteiger partial charge in [0.05, 0.1) is 12.2 Å². The lowest BCUT2D eigenvalue weighted by atomic mass is 9.98. The van der Waals surface area contributed by atoms with Gasteiger partial charge in [0.2, 0.25) is 5.91 Å². The lowest BCUT2D eigenvalue weighted by Crippen LogP contribution is -2.45. The van der Waals surface area contributed by atoms with Gasteiger partial charge >= 0.3 is 0 Å². The second-order valence-electron chi connectivity index (χ2n) is 7.92. The van der Waals surface area contributed by atoms with Crippen LogP contribution in [0.5, 0.6) is 0 Å². The summed E-state index contributed by atoms with van der Waals surface area (Å²) in [5.74, 6) is -0.729. The van der Waals surface area contributed by atoms with Gasteiger partial charge in [-0.3, -0.25) is 9.59 Å². The average Bonchev–Trinajstić information content (AvgIpc) is 3.50. The molecule has 33 heavy (non-hydrogen) atoms. The van der Waals surface area contributed by atoms with Crippen LogP contribution in [-0.4, -0.2) is 37.6 Å². The number of carbonyl (C=O) groups is 2. The quantitative estimate of drug-likeness (QED) is 0.529. The van der Waals surface area contributed by atoms with Crippen LogP contribution in [-0.2, 0) is 21.4 Å². The summed E-state index contributed by atoms with van der Waals surface area (Å²) < 4.78 is 32.7. The van der Waals surface area contributed by atoms with Crippen molar-refractivity contribution in [3.8, 4) is 0 Å². The highest BCUT2D eigenvalue weighted by Crippen LogP contribution is 2.28. The van der Waals surface area contributed by atoms with Gasteiger partial charge in [0.1, 0.15) is 4.21 Å². The molecule has 0 spiro atoms. The van der Waals surface area contributed by atoms with E-state index in [4.69, 9.17) is 4.42 Å². The smallest absolute Gasteiger partial charge is 0.291 e. The van der Waals surface area contributed by atoms with Gasteiger partial charge in [-0.15, -0.1) is 11.3 Å². The van der Waals surface area contributed by atoms with Crippen molar-refractivity contribution in [3.63, 3.8) is 0 Å². The predicted molar refractivity (Wildman–Crippen MR) is 125 cm³/mol. The number of piperidine rings is 1. The zero-order chi connectivity index (χ0) is 23.4. The third-order valence-electron chi connectivity index (χ3n) is 5.46. The lowest BCUT2D eigenvalue weighted by molar-refractivity contribution is -0.126. The average molecular weight is 488 g/mol. The minimum Gasteiger partial charge on any atom is -0.459 e. The molecule has 8 nitrogen and oxygen atoms in total. The first kappa shape index (κ1) is 23.2. The first-order valence-electron chi connectivity index (χ1n) is 10.6. The van der Waals surface area contributed by atoms with E-state index in [-0.39, 0.29) is 30.7 Å². The molecule has 1 aromatic carbocycles. The molecule has 2 amide bonds. The summed E-state index contributed by atoms with van der Waals surface area (Å²) in [5.41, 5.74) is 1.40. The van der Waals surface area contributed by atoms with Gasteiger partial charge in [-0.05, 0) is 61.7 Å². The highest BCUT2D eigenvalue weighted by molar-refractivity contribution is 7.91. The monoisotopic (exact) mass is 487 g/mol. The molecule has 0 bridgehead atoms. The molecule has 0 saturated carbocycles. The number of carbonyl (C=O) groups excluding carboxylic acids is 2. The number of rotatable bonds is 7. The molecule has 1 aliphatic heterocycles. The van der Waals surface area contributed by atoms with E-state index in [0.717, 1.165) is 10.4 Å². The van der Waals surface area contributed by atoms with Gasteiger partial charge in [0.15, 0.2) is 5.76 Å². The van der Waals surface area contributed by atoms with Crippen LogP contribution < -0.4 is 10.6 Å². The maximum absolute atomic E-state index is 12.9. The molecule has 0 aliphatic carbocycles. The van der Waals surface area contributed by atoms with Gasteiger partial charge in [-0.2, -0.15) is 4.31 Å². The summed E-state index contributed by atoms with van der Waals surface area (Å²) in [6.45, 7) is 2.73. The minimum atomic E-state index is -3.59. The number of hydrogen-bond donors (Lipinski definition) is 2. The van der Waals surface area contributed by atoms with Crippen molar-refractivity contribution in [2.45, 2.75) is 30.5 Å². The van der Waals surface area contributed by atoms with Crippen molar-refractivity contribution < 1.29 is 22.4 Å². The molecule has 10 heteroatoms. The van der Waals surface area contributed by atoms with Crippen molar-refractivity contribution in [1.29, 1.82) is 0 Å². The van der Waals surface area contributed by atoms with Gasteiger partial charge < -0.3 is 15.1 Å². The van der Waals surface area contributed by atoms with Crippen molar-refractivity contribution in [2.24, 2.45) is 5.92 Å². The second kappa shape index (κ2) is 9.90. The van der Waals surface area contributed by atoms with E-state index >= 15 is 0 Å². The van der Waals surface area contributed by atoms with E-state index in [1.165, 1.54) is 21.9 Å². The van der Waals surface area contributed by atoms with Crippen molar-refractivity contribution in [2.75, 3.05) is 18.4 Å². The summed E-state index contributed by atoms with van der Waals surface area (Å²) in [6.07, 6.45) is 2.70. The highest BCUT2D eigenvalue weighted by Gasteiger charge is 2.33. The molecule has 2 N–H and O–H groups in total. The standard InChI is InChI=1S/C23H25N3O5S2/c1-16-9-10-21(32-16)33(29,30)26-11-3-6-18(15-26)22(27)24-14-17-5-2-7-19(13-17)25-23(28)20-8-4-12-31-20/h2,4-5,7-10,12-13,18H,3,6,11,14-15H2,1H3,(H,24,27)(H,25,28). The maximum Gasteiger partial charge on any atom is 0.291 e. The fraction of sp³-hybridized carbons (Fsp3) is 0.304. The number of benzene rings is 1. The van der Waals surface area contributed by atoms with Crippen molar-refractivity contribution in [1.82, 2.24) is 9.62 Å². The second-order valence-corrected chi connectivity index (χ2v) is 11.4. The van der Waals surface area contributed by atoms with Gasteiger partial charge in [0.25, 0.3) is 15.9 Å². The van der Waals surface area contributed by atoms with Gasteiger partial charge in [-0.25, -0.2) is 8.42 Å². The molecule has 1 fully saturated rings. The van der Waals surface area contributed by atoms with Crippen LogP contribution in [0.1, 0.15) is 33.8 Å². The third-order valence-corrected chi connectivity index (χ3v) is 8.79. The number of hydrogen-bond acceptors (Lipinski definition) is 6. The summed E-state index contributed by atoms with van der Waals surface area (Å²) in [6, 6.07) is 13.8. The minimum absolute atomic E-state index is 0.171. The Hall–Kier alpha value is -2.95. The molecule has 0 radical (unpaired) electrons. The van der Waals surface area contributed by atoms with E-state index in [0.29, 0.717) is 29.3 Å². The fourth-order valence-corrected chi connectivity index (χ4v) is 6.71. The van der Waals surface area contributed by atoms with E-state index in [1.807, 2.05) is 13.0 Å². The predicted octanol–water partition coefficient (Wildman–Crippen LogP) is 3.62. The number of sulfonamides is 1. The van der Waals surface area contributed by atoms with Crippen LogP contribution in [0.2, 0.25) is 0 Å². The fourth-order valence-electron chi connectivity index (χ4n) is 3.75. The Kier molecular flexibility index (Phi) is 6.96. The van der Waals surface area contributed by atoms with Crippen LogP contribution in [0.4, 0.5) is 5.69 Å². The number of amides is 2. The van der Waals surface area contributed by atoms with E-state index in [9.17, 15) is 18.0 Å². The van der Waals surface area contributed by atoms with Crippen LogP contribution in [0.15, 0.2) is 63.4 Å². The van der Waals surface area contributed by atoms with Crippen LogP contribution in [0, 0.1) is 12.8 Å². The number of thiophene rings is 1. The molecule has 1 aliphatic rings. The largest absolute Gasteiger partial charge is 0.459 e. The number of furan rings is 1. The van der Waals surface area contributed by atoms with Crippen molar-refractivity contribution in [3.05, 3.63) is 71.0 Å². The molecule has 1 saturated heterocycles. The number of nitrogens with zero attached hydrogens (tertiary/aromatic N) is 1. The van der Waals surface area contributed by atoms with Crippen molar-refractivity contribution >= 4 is 38.9 Å². The molecular formula is C23H25N3O5S2. The molecular weight excluding hydrogens is 462 g/mol. The summed E-state index contributed by atoms with van der Waals surface area (Å²) in [5, 5.41) is 5.66. The van der Waals surface area contributed by atoms with Crippen LogP contribution in [0.3, 0.4) is 0 Å². The molecule has 3 heterocycles. The first-order chi connectivity index (χ1) is 15.8. The molecule has 1 unspecified atom stereocenters. The van der Waals surface area contributed by atoms with E-state index in [2.05, 4.69) is 10.6 Å². The van der Waals surface area contributed by atoms with Crippen LogP contribution >= 0.6 is 11.3 Å². The zero-order valence-electron chi connectivity index (χ0n) is 18.1. The Morgan fingerprint density at radius 2 is 2.03 bits per heavy atom. The highest BCUT2D eigenvalue weighted by atomic mass is 32.2. The first-order valence-corrected chi connectivity index (χ1v) is 12.9. The Bertz CT molecular complexity index is 1230. The topological polar surface area (TPSA) is 109 Å². The Morgan fingerprint density at radius 3 is 2.76 bits per heavy atom. The summed E-state index contributed by atoms with van der Waals surface area (Å²) in [7, 11) is -3.59. The Morgan fingerprint density at radius 1 is 1.18 bits per heavy atom. The van der Waals surface area contributed by atoms with E-state index in [1.54, 1.807) is 42.5 Å². The maximum atomic E-state index is 12.9. The molecule has 3 aromatic rings. The SMILES string of the molecule is Cc1ccc(S(=O)(=O)N2CCCC(C(=O)NCc3cccc(NC(=O)c4ccco4)c3)C2)s1. The Balaban J connectivity index is 1.34. The molecule has 174 valence electrons. The molecule has 4 rings (SSSR count).